The Morgan fingerprint density at radius 2 is 2.18 bits per heavy atom. The molecule has 1 atom stereocenters. The molecule has 0 spiro atoms. The van der Waals surface area contributed by atoms with E-state index >= 15 is 0 Å². The van der Waals surface area contributed by atoms with Crippen LogP contribution in [0.25, 0.3) is 0 Å². The highest BCUT2D eigenvalue weighted by atomic mass is 35.5. The lowest BCUT2D eigenvalue weighted by molar-refractivity contribution is 0.729. The number of halogens is 1. The van der Waals surface area contributed by atoms with Crippen molar-refractivity contribution in [2.45, 2.75) is 45.2 Å². The number of anilines is 1. The standard InChI is InChI=1S/C14H21ClN2/c1-3-17(13-6-7-13)14-9-12(15)5-4-11(14)8-10(2)16/h4-5,9-10,13H,3,6-8,16H2,1-2H3. The second kappa shape index (κ2) is 5.28. The van der Waals surface area contributed by atoms with Crippen molar-refractivity contribution < 1.29 is 0 Å². The van der Waals surface area contributed by atoms with E-state index in [1.807, 2.05) is 13.0 Å². The molecule has 2 N–H and O–H groups in total. The average molecular weight is 253 g/mol. The largest absolute Gasteiger partial charge is 0.369 e. The molecular weight excluding hydrogens is 232 g/mol. The summed E-state index contributed by atoms with van der Waals surface area (Å²) in [6.45, 7) is 5.29. The van der Waals surface area contributed by atoms with Gasteiger partial charge >= 0.3 is 0 Å². The zero-order valence-corrected chi connectivity index (χ0v) is 11.4. The van der Waals surface area contributed by atoms with Crippen LogP contribution in [0.3, 0.4) is 0 Å². The van der Waals surface area contributed by atoms with E-state index in [1.165, 1.54) is 24.1 Å². The molecule has 17 heavy (non-hydrogen) atoms. The van der Waals surface area contributed by atoms with Gasteiger partial charge in [0, 0.05) is 29.3 Å². The van der Waals surface area contributed by atoms with E-state index < -0.39 is 0 Å². The van der Waals surface area contributed by atoms with Gasteiger partial charge in [0.25, 0.3) is 0 Å². The molecule has 2 rings (SSSR count). The summed E-state index contributed by atoms with van der Waals surface area (Å²) < 4.78 is 0. The number of rotatable bonds is 5. The molecule has 1 aromatic rings. The van der Waals surface area contributed by atoms with Gasteiger partial charge in [-0.2, -0.15) is 0 Å². The first-order chi connectivity index (χ1) is 8.11. The first-order valence-corrected chi connectivity index (χ1v) is 6.80. The monoisotopic (exact) mass is 252 g/mol. The highest BCUT2D eigenvalue weighted by Crippen LogP contribution is 2.35. The van der Waals surface area contributed by atoms with Crippen molar-refractivity contribution in [1.29, 1.82) is 0 Å². The third-order valence-electron chi connectivity index (χ3n) is 3.23. The Morgan fingerprint density at radius 1 is 1.47 bits per heavy atom. The van der Waals surface area contributed by atoms with Gasteiger partial charge in [0.15, 0.2) is 0 Å². The summed E-state index contributed by atoms with van der Waals surface area (Å²) in [5.41, 5.74) is 8.51. The topological polar surface area (TPSA) is 29.3 Å². The maximum Gasteiger partial charge on any atom is 0.0426 e. The third-order valence-corrected chi connectivity index (χ3v) is 3.46. The van der Waals surface area contributed by atoms with E-state index in [9.17, 15) is 0 Å². The minimum absolute atomic E-state index is 0.188. The molecule has 0 radical (unpaired) electrons. The minimum Gasteiger partial charge on any atom is -0.369 e. The van der Waals surface area contributed by atoms with E-state index in [-0.39, 0.29) is 6.04 Å². The highest BCUT2D eigenvalue weighted by Gasteiger charge is 2.29. The number of hydrogen-bond donors (Lipinski definition) is 1. The molecule has 0 saturated heterocycles. The summed E-state index contributed by atoms with van der Waals surface area (Å²) in [7, 11) is 0. The van der Waals surface area contributed by atoms with Crippen LogP contribution in [0.4, 0.5) is 5.69 Å². The summed E-state index contributed by atoms with van der Waals surface area (Å²) in [5.74, 6) is 0. The van der Waals surface area contributed by atoms with Crippen LogP contribution in [0.5, 0.6) is 0 Å². The number of nitrogens with zero attached hydrogens (tertiary/aromatic N) is 1. The van der Waals surface area contributed by atoms with Crippen molar-refractivity contribution in [3.8, 4) is 0 Å². The Morgan fingerprint density at radius 3 is 2.71 bits per heavy atom. The van der Waals surface area contributed by atoms with Gasteiger partial charge in [-0.05, 0) is 50.8 Å². The highest BCUT2D eigenvalue weighted by molar-refractivity contribution is 6.30. The smallest absolute Gasteiger partial charge is 0.0426 e. The fourth-order valence-corrected chi connectivity index (χ4v) is 2.50. The molecule has 3 heteroatoms. The fraction of sp³-hybridized carbons (Fsp3) is 0.571. The summed E-state index contributed by atoms with van der Waals surface area (Å²) in [5, 5.41) is 0.813. The molecule has 1 unspecified atom stereocenters. The van der Waals surface area contributed by atoms with Crippen molar-refractivity contribution in [2.75, 3.05) is 11.4 Å². The maximum absolute atomic E-state index is 6.12. The van der Waals surface area contributed by atoms with E-state index in [0.29, 0.717) is 6.04 Å². The minimum atomic E-state index is 0.188. The van der Waals surface area contributed by atoms with Crippen LogP contribution in [0.2, 0.25) is 5.02 Å². The first kappa shape index (κ1) is 12.7. The van der Waals surface area contributed by atoms with Crippen molar-refractivity contribution in [3.05, 3.63) is 28.8 Å². The van der Waals surface area contributed by atoms with Crippen molar-refractivity contribution in [1.82, 2.24) is 0 Å². The van der Waals surface area contributed by atoms with Crippen LogP contribution in [-0.4, -0.2) is 18.6 Å². The van der Waals surface area contributed by atoms with Gasteiger partial charge in [-0.3, -0.25) is 0 Å². The number of benzene rings is 1. The summed E-state index contributed by atoms with van der Waals surface area (Å²) >= 11 is 6.12. The van der Waals surface area contributed by atoms with Gasteiger partial charge in [0.2, 0.25) is 0 Å². The molecule has 2 nitrogen and oxygen atoms in total. The zero-order chi connectivity index (χ0) is 12.4. The molecule has 1 aliphatic carbocycles. The Hall–Kier alpha value is -0.730. The summed E-state index contributed by atoms with van der Waals surface area (Å²) in [6, 6.07) is 7.06. The Kier molecular flexibility index (Phi) is 3.95. The quantitative estimate of drug-likeness (QED) is 0.872. The van der Waals surface area contributed by atoms with Crippen LogP contribution >= 0.6 is 11.6 Å². The number of nitrogens with two attached hydrogens (primary N) is 1. The zero-order valence-electron chi connectivity index (χ0n) is 10.6. The molecule has 1 fully saturated rings. The van der Waals surface area contributed by atoms with Gasteiger partial charge in [-0.15, -0.1) is 0 Å². The predicted molar refractivity (Wildman–Crippen MR) is 74.8 cm³/mol. The molecular formula is C14H21ClN2. The van der Waals surface area contributed by atoms with E-state index in [0.717, 1.165) is 18.0 Å². The van der Waals surface area contributed by atoms with Gasteiger partial charge in [0.1, 0.15) is 0 Å². The SMILES string of the molecule is CCN(c1cc(Cl)ccc1CC(C)N)C1CC1. The molecule has 0 bridgehead atoms. The Labute approximate surface area is 109 Å². The second-order valence-corrected chi connectivity index (χ2v) is 5.41. The Bertz CT molecular complexity index is 386. The number of hydrogen-bond acceptors (Lipinski definition) is 2. The van der Waals surface area contributed by atoms with Crippen LogP contribution < -0.4 is 10.6 Å². The molecule has 0 amide bonds. The molecule has 0 heterocycles. The molecule has 1 saturated carbocycles. The van der Waals surface area contributed by atoms with Gasteiger partial charge < -0.3 is 10.6 Å². The maximum atomic E-state index is 6.12. The van der Waals surface area contributed by atoms with Crippen molar-refractivity contribution >= 4 is 17.3 Å². The molecule has 1 aliphatic rings. The van der Waals surface area contributed by atoms with Gasteiger partial charge in [0.05, 0.1) is 0 Å². The normalized spacial score (nSPS) is 16.9. The molecule has 94 valence electrons. The van der Waals surface area contributed by atoms with E-state index in [2.05, 4.69) is 24.0 Å². The summed E-state index contributed by atoms with van der Waals surface area (Å²) in [4.78, 5) is 2.46. The van der Waals surface area contributed by atoms with Gasteiger partial charge in [-0.25, -0.2) is 0 Å². The van der Waals surface area contributed by atoms with E-state index in [4.69, 9.17) is 17.3 Å². The van der Waals surface area contributed by atoms with Gasteiger partial charge in [-0.1, -0.05) is 17.7 Å². The second-order valence-electron chi connectivity index (χ2n) is 4.97. The lowest BCUT2D eigenvalue weighted by Crippen LogP contribution is -2.27. The van der Waals surface area contributed by atoms with Crippen LogP contribution in [0.1, 0.15) is 32.3 Å². The van der Waals surface area contributed by atoms with Crippen LogP contribution in [0, 0.1) is 0 Å². The lowest BCUT2D eigenvalue weighted by Gasteiger charge is -2.26. The first-order valence-electron chi connectivity index (χ1n) is 6.42. The third kappa shape index (κ3) is 3.14. The predicted octanol–water partition coefficient (Wildman–Crippen LogP) is 3.22. The van der Waals surface area contributed by atoms with Crippen molar-refractivity contribution in [2.24, 2.45) is 5.73 Å². The molecule has 0 aromatic heterocycles. The fourth-order valence-electron chi connectivity index (χ4n) is 2.34. The Balaban J connectivity index is 2.30. The van der Waals surface area contributed by atoms with Crippen molar-refractivity contribution in [3.63, 3.8) is 0 Å². The molecule has 1 aromatic carbocycles. The van der Waals surface area contributed by atoms with Crippen LogP contribution in [0.15, 0.2) is 18.2 Å². The van der Waals surface area contributed by atoms with Crippen LogP contribution in [-0.2, 0) is 6.42 Å². The van der Waals surface area contributed by atoms with E-state index in [1.54, 1.807) is 0 Å². The molecule has 0 aliphatic heterocycles. The average Bonchev–Trinajstić information content (AvgIpc) is 3.07. The summed E-state index contributed by atoms with van der Waals surface area (Å²) in [6.07, 6.45) is 3.52. The lowest BCUT2D eigenvalue weighted by atomic mass is 10.0.